The van der Waals surface area contributed by atoms with Crippen LogP contribution >= 0.6 is 15.9 Å². The van der Waals surface area contributed by atoms with Crippen molar-refractivity contribution in [2.75, 3.05) is 0 Å². The molecule has 0 aliphatic heterocycles. The first kappa shape index (κ1) is 14.8. The summed E-state index contributed by atoms with van der Waals surface area (Å²) in [6.45, 7) is 6.82. The fourth-order valence-electron chi connectivity index (χ4n) is 2.29. The van der Waals surface area contributed by atoms with Crippen LogP contribution in [-0.4, -0.2) is 6.29 Å². The molecule has 0 radical (unpaired) electrons. The van der Waals surface area contributed by atoms with Gasteiger partial charge >= 0.3 is 0 Å². The summed E-state index contributed by atoms with van der Waals surface area (Å²) in [6.07, 6.45) is 0.822. The second-order valence-electron chi connectivity index (χ2n) is 4.97. The van der Waals surface area contributed by atoms with Gasteiger partial charge in [0.05, 0.1) is 4.47 Å². The molecule has 0 atom stereocenters. The van der Waals surface area contributed by atoms with Gasteiger partial charge in [-0.15, -0.1) is 0 Å². The van der Waals surface area contributed by atoms with Gasteiger partial charge in [-0.3, -0.25) is 4.79 Å². The SMILES string of the molecule is Cc1cc(C)c(COc2ccc(C=O)cc2Br)c(C)c1. The van der Waals surface area contributed by atoms with Gasteiger partial charge in [-0.1, -0.05) is 17.7 Å². The molecule has 0 aromatic heterocycles. The molecule has 2 rings (SSSR count). The van der Waals surface area contributed by atoms with Crippen molar-refractivity contribution in [2.24, 2.45) is 0 Å². The van der Waals surface area contributed by atoms with E-state index >= 15 is 0 Å². The average Bonchev–Trinajstić information content (AvgIpc) is 2.39. The number of halogens is 1. The number of aldehydes is 1. The van der Waals surface area contributed by atoms with Crippen molar-refractivity contribution in [1.29, 1.82) is 0 Å². The van der Waals surface area contributed by atoms with E-state index in [2.05, 4.69) is 48.8 Å². The van der Waals surface area contributed by atoms with Gasteiger partial charge in [-0.05, 0) is 71.6 Å². The highest BCUT2D eigenvalue weighted by atomic mass is 79.9. The maximum absolute atomic E-state index is 10.7. The molecule has 2 aromatic carbocycles. The van der Waals surface area contributed by atoms with Crippen LogP contribution in [0.15, 0.2) is 34.8 Å². The van der Waals surface area contributed by atoms with Crippen LogP contribution in [0.5, 0.6) is 5.75 Å². The van der Waals surface area contributed by atoms with Gasteiger partial charge in [-0.2, -0.15) is 0 Å². The van der Waals surface area contributed by atoms with Crippen molar-refractivity contribution in [1.82, 2.24) is 0 Å². The van der Waals surface area contributed by atoms with Crippen molar-refractivity contribution < 1.29 is 9.53 Å². The summed E-state index contributed by atoms with van der Waals surface area (Å²) >= 11 is 3.43. The zero-order valence-corrected chi connectivity index (χ0v) is 13.5. The van der Waals surface area contributed by atoms with E-state index in [9.17, 15) is 4.79 Å². The smallest absolute Gasteiger partial charge is 0.150 e. The summed E-state index contributed by atoms with van der Waals surface area (Å²) in [4.78, 5) is 10.7. The van der Waals surface area contributed by atoms with Crippen LogP contribution in [0, 0.1) is 20.8 Å². The van der Waals surface area contributed by atoms with Crippen molar-refractivity contribution in [3.05, 3.63) is 62.6 Å². The van der Waals surface area contributed by atoms with Gasteiger partial charge in [0.25, 0.3) is 0 Å². The first-order chi connectivity index (χ1) is 9.51. The largest absolute Gasteiger partial charge is 0.488 e. The summed E-state index contributed by atoms with van der Waals surface area (Å²) in [6, 6.07) is 9.65. The minimum atomic E-state index is 0.525. The van der Waals surface area contributed by atoms with Crippen molar-refractivity contribution in [3.8, 4) is 5.75 Å². The zero-order valence-electron chi connectivity index (χ0n) is 11.9. The Kier molecular flexibility index (Phi) is 4.61. The number of hydrogen-bond donors (Lipinski definition) is 0. The molecule has 3 heteroatoms. The Morgan fingerprint density at radius 3 is 2.30 bits per heavy atom. The highest BCUT2D eigenvalue weighted by Crippen LogP contribution is 2.27. The van der Waals surface area contributed by atoms with E-state index < -0.39 is 0 Å². The molecule has 0 bridgehead atoms. The normalized spacial score (nSPS) is 10.4. The van der Waals surface area contributed by atoms with E-state index in [1.54, 1.807) is 12.1 Å². The number of ether oxygens (including phenoxy) is 1. The molecule has 0 saturated carbocycles. The Hall–Kier alpha value is -1.61. The number of benzene rings is 2. The molecule has 0 unspecified atom stereocenters. The summed E-state index contributed by atoms with van der Waals surface area (Å²) < 4.78 is 6.66. The standard InChI is InChI=1S/C17H17BrO2/c1-11-6-12(2)15(13(3)7-11)10-20-17-5-4-14(9-19)8-16(17)18/h4-9H,10H2,1-3H3. The minimum absolute atomic E-state index is 0.525. The van der Waals surface area contributed by atoms with Gasteiger partial charge in [-0.25, -0.2) is 0 Å². The number of aryl methyl sites for hydroxylation is 3. The molecular formula is C17H17BrO2. The molecule has 104 valence electrons. The fourth-order valence-corrected chi connectivity index (χ4v) is 2.81. The van der Waals surface area contributed by atoms with Crippen molar-refractivity contribution >= 4 is 22.2 Å². The second-order valence-corrected chi connectivity index (χ2v) is 5.83. The molecule has 0 amide bonds. The topological polar surface area (TPSA) is 26.3 Å². The Labute approximate surface area is 127 Å². The third kappa shape index (κ3) is 3.28. The molecule has 0 aliphatic carbocycles. The van der Waals surface area contributed by atoms with Gasteiger partial charge < -0.3 is 4.74 Å². The Bertz CT molecular complexity index is 624. The van der Waals surface area contributed by atoms with Crippen LogP contribution in [-0.2, 0) is 6.61 Å². The van der Waals surface area contributed by atoms with Crippen LogP contribution in [0.4, 0.5) is 0 Å². The van der Waals surface area contributed by atoms with Crippen LogP contribution in [0.1, 0.15) is 32.6 Å². The first-order valence-corrected chi connectivity index (χ1v) is 7.25. The minimum Gasteiger partial charge on any atom is -0.488 e. The van der Waals surface area contributed by atoms with Crippen LogP contribution in [0.2, 0.25) is 0 Å². The zero-order chi connectivity index (χ0) is 14.7. The first-order valence-electron chi connectivity index (χ1n) is 6.45. The molecule has 0 aliphatic rings. The summed E-state index contributed by atoms with van der Waals surface area (Å²) in [7, 11) is 0. The Morgan fingerprint density at radius 1 is 1.10 bits per heavy atom. The van der Waals surface area contributed by atoms with E-state index in [1.165, 1.54) is 22.3 Å². The molecule has 0 N–H and O–H groups in total. The number of carbonyl (C=O) groups excluding carboxylic acids is 1. The average molecular weight is 333 g/mol. The number of rotatable bonds is 4. The third-order valence-corrected chi connectivity index (χ3v) is 3.92. The monoisotopic (exact) mass is 332 g/mol. The molecule has 0 saturated heterocycles. The molecule has 2 nitrogen and oxygen atoms in total. The van der Waals surface area contributed by atoms with Crippen molar-refractivity contribution in [3.63, 3.8) is 0 Å². The number of hydrogen-bond acceptors (Lipinski definition) is 2. The van der Waals surface area contributed by atoms with Gasteiger partial charge in [0.1, 0.15) is 18.6 Å². The van der Waals surface area contributed by atoms with Crippen molar-refractivity contribution in [2.45, 2.75) is 27.4 Å². The van der Waals surface area contributed by atoms with Gasteiger partial charge in [0.15, 0.2) is 0 Å². The molecule has 0 spiro atoms. The summed E-state index contributed by atoms with van der Waals surface area (Å²) in [5, 5.41) is 0. The van der Waals surface area contributed by atoms with Crippen LogP contribution < -0.4 is 4.74 Å². The fraction of sp³-hybridized carbons (Fsp3) is 0.235. The highest BCUT2D eigenvalue weighted by molar-refractivity contribution is 9.10. The Balaban J connectivity index is 2.19. The van der Waals surface area contributed by atoms with E-state index in [1.807, 2.05) is 6.07 Å². The lowest BCUT2D eigenvalue weighted by Crippen LogP contribution is -2.02. The van der Waals surface area contributed by atoms with Crippen LogP contribution in [0.3, 0.4) is 0 Å². The number of carbonyl (C=O) groups is 1. The second kappa shape index (κ2) is 6.23. The Morgan fingerprint density at radius 2 is 1.75 bits per heavy atom. The third-order valence-electron chi connectivity index (χ3n) is 3.30. The summed E-state index contributed by atoms with van der Waals surface area (Å²) in [5.41, 5.74) is 5.58. The van der Waals surface area contributed by atoms with Crippen LogP contribution in [0.25, 0.3) is 0 Å². The molecule has 0 heterocycles. The molecule has 2 aromatic rings. The van der Waals surface area contributed by atoms with E-state index in [0.717, 1.165) is 16.5 Å². The van der Waals surface area contributed by atoms with E-state index in [4.69, 9.17) is 4.74 Å². The maximum Gasteiger partial charge on any atom is 0.150 e. The van der Waals surface area contributed by atoms with E-state index in [0.29, 0.717) is 12.2 Å². The summed E-state index contributed by atoms with van der Waals surface area (Å²) in [5.74, 6) is 0.745. The molecular weight excluding hydrogens is 316 g/mol. The molecule has 0 fully saturated rings. The predicted octanol–water partition coefficient (Wildman–Crippen LogP) is 4.77. The quantitative estimate of drug-likeness (QED) is 0.754. The lowest BCUT2D eigenvalue weighted by atomic mass is 10.0. The highest BCUT2D eigenvalue weighted by Gasteiger charge is 2.07. The lowest BCUT2D eigenvalue weighted by molar-refractivity contribution is 0.112. The lowest BCUT2D eigenvalue weighted by Gasteiger charge is -2.13. The maximum atomic E-state index is 10.7. The van der Waals surface area contributed by atoms with Gasteiger partial charge in [0, 0.05) is 5.56 Å². The predicted molar refractivity (Wildman–Crippen MR) is 84.5 cm³/mol. The molecule has 20 heavy (non-hydrogen) atoms. The van der Waals surface area contributed by atoms with Gasteiger partial charge in [0.2, 0.25) is 0 Å². The van der Waals surface area contributed by atoms with E-state index in [-0.39, 0.29) is 0 Å².